The quantitative estimate of drug-likeness (QED) is 0.714. The van der Waals surface area contributed by atoms with Crippen LogP contribution in [0.15, 0.2) is 11.4 Å². The standard InChI is InChI=1S/C12H15NO3S/c1-12(2,3)16-11(15)13-6-4-8-5-7-17-9(8)10(13)14/h5,7H,4,6H2,1-3H3. The molecule has 5 heteroatoms. The van der Waals surface area contributed by atoms with Gasteiger partial charge < -0.3 is 4.74 Å². The zero-order valence-corrected chi connectivity index (χ0v) is 11.0. The highest BCUT2D eigenvalue weighted by atomic mass is 32.1. The van der Waals surface area contributed by atoms with Gasteiger partial charge in [-0.05, 0) is 44.2 Å². The normalized spacial score (nSPS) is 15.7. The molecule has 2 rings (SSSR count). The van der Waals surface area contributed by atoms with E-state index in [0.717, 1.165) is 5.56 Å². The highest BCUT2D eigenvalue weighted by Crippen LogP contribution is 2.25. The number of rotatable bonds is 0. The van der Waals surface area contributed by atoms with Gasteiger partial charge in [0.2, 0.25) is 0 Å². The highest BCUT2D eigenvalue weighted by molar-refractivity contribution is 7.12. The maximum atomic E-state index is 12.0. The molecule has 1 aromatic heterocycles. The van der Waals surface area contributed by atoms with Crippen LogP contribution in [0.4, 0.5) is 4.79 Å². The van der Waals surface area contributed by atoms with Gasteiger partial charge >= 0.3 is 6.09 Å². The molecule has 1 aromatic rings. The first-order valence-corrected chi connectivity index (χ1v) is 6.37. The van der Waals surface area contributed by atoms with Gasteiger partial charge in [0.05, 0.1) is 4.88 Å². The lowest BCUT2D eigenvalue weighted by Crippen LogP contribution is -2.44. The zero-order chi connectivity index (χ0) is 12.6. The Kier molecular flexibility index (Phi) is 2.95. The lowest BCUT2D eigenvalue weighted by Gasteiger charge is -2.28. The summed E-state index contributed by atoms with van der Waals surface area (Å²) >= 11 is 1.37. The summed E-state index contributed by atoms with van der Waals surface area (Å²) in [7, 11) is 0. The van der Waals surface area contributed by atoms with E-state index in [1.54, 1.807) is 20.8 Å². The molecule has 1 aliphatic heterocycles. The van der Waals surface area contributed by atoms with Crippen molar-refractivity contribution < 1.29 is 14.3 Å². The fourth-order valence-electron chi connectivity index (χ4n) is 1.67. The van der Waals surface area contributed by atoms with E-state index in [0.29, 0.717) is 17.8 Å². The van der Waals surface area contributed by atoms with Gasteiger partial charge in [-0.15, -0.1) is 11.3 Å². The number of thiophene rings is 1. The number of ether oxygens (including phenoxy) is 1. The number of imide groups is 1. The van der Waals surface area contributed by atoms with Crippen LogP contribution in [-0.4, -0.2) is 29.0 Å². The number of carbonyl (C=O) groups excluding carboxylic acids is 2. The summed E-state index contributed by atoms with van der Waals surface area (Å²) in [5, 5.41) is 1.88. The third kappa shape index (κ3) is 2.49. The first-order chi connectivity index (χ1) is 7.88. The van der Waals surface area contributed by atoms with Crippen molar-refractivity contribution in [1.29, 1.82) is 0 Å². The van der Waals surface area contributed by atoms with Crippen LogP contribution in [0.1, 0.15) is 36.0 Å². The molecule has 4 nitrogen and oxygen atoms in total. The molecule has 2 amide bonds. The van der Waals surface area contributed by atoms with Crippen molar-refractivity contribution in [2.75, 3.05) is 6.54 Å². The first-order valence-electron chi connectivity index (χ1n) is 5.50. The van der Waals surface area contributed by atoms with Gasteiger partial charge in [0, 0.05) is 6.54 Å². The number of hydrogen-bond acceptors (Lipinski definition) is 4. The monoisotopic (exact) mass is 253 g/mol. The highest BCUT2D eigenvalue weighted by Gasteiger charge is 2.32. The van der Waals surface area contributed by atoms with Crippen molar-refractivity contribution in [3.63, 3.8) is 0 Å². The summed E-state index contributed by atoms with van der Waals surface area (Å²) in [6, 6.07) is 1.93. The third-order valence-corrected chi connectivity index (χ3v) is 3.35. The number of amides is 2. The predicted octanol–water partition coefficient (Wildman–Crippen LogP) is 2.68. The Labute approximate surface area is 104 Å². The van der Waals surface area contributed by atoms with Gasteiger partial charge in [0.25, 0.3) is 5.91 Å². The smallest absolute Gasteiger partial charge is 0.417 e. The molecule has 0 saturated carbocycles. The van der Waals surface area contributed by atoms with Crippen molar-refractivity contribution in [2.24, 2.45) is 0 Å². The van der Waals surface area contributed by atoms with Crippen molar-refractivity contribution >= 4 is 23.3 Å². The Balaban J connectivity index is 2.15. The molecule has 17 heavy (non-hydrogen) atoms. The van der Waals surface area contributed by atoms with Crippen LogP contribution in [0.5, 0.6) is 0 Å². The van der Waals surface area contributed by atoms with Crippen LogP contribution in [-0.2, 0) is 11.2 Å². The van der Waals surface area contributed by atoms with Crippen molar-refractivity contribution in [3.05, 3.63) is 21.9 Å². The Morgan fingerprint density at radius 1 is 1.47 bits per heavy atom. The summed E-state index contributed by atoms with van der Waals surface area (Å²) in [5.41, 5.74) is 0.451. The van der Waals surface area contributed by atoms with Gasteiger partial charge in [0.15, 0.2) is 0 Å². The van der Waals surface area contributed by atoms with Crippen LogP contribution in [0.25, 0.3) is 0 Å². The lowest BCUT2D eigenvalue weighted by atomic mass is 10.1. The van der Waals surface area contributed by atoms with E-state index in [1.165, 1.54) is 16.2 Å². The number of nitrogens with zero attached hydrogens (tertiary/aromatic N) is 1. The molecule has 0 atom stereocenters. The van der Waals surface area contributed by atoms with Crippen LogP contribution in [0.3, 0.4) is 0 Å². The molecule has 0 N–H and O–H groups in total. The van der Waals surface area contributed by atoms with Crippen LogP contribution >= 0.6 is 11.3 Å². The Bertz CT molecular complexity index is 459. The van der Waals surface area contributed by atoms with Crippen LogP contribution in [0.2, 0.25) is 0 Å². The Morgan fingerprint density at radius 3 is 2.82 bits per heavy atom. The SMILES string of the molecule is CC(C)(C)OC(=O)N1CCc2ccsc2C1=O. The average molecular weight is 253 g/mol. The fourth-order valence-corrected chi connectivity index (χ4v) is 2.57. The van der Waals surface area contributed by atoms with Gasteiger partial charge in [0.1, 0.15) is 5.60 Å². The predicted molar refractivity (Wildman–Crippen MR) is 65.3 cm³/mol. The molecule has 92 valence electrons. The van der Waals surface area contributed by atoms with E-state index in [1.807, 2.05) is 11.4 Å². The zero-order valence-electron chi connectivity index (χ0n) is 10.1. The second-order valence-electron chi connectivity index (χ2n) is 4.96. The third-order valence-electron chi connectivity index (χ3n) is 2.40. The topological polar surface area (TPSA) is 46.6 Å². The van der Waals surface area contributed by atoms with Crippen molar-refractivity contribution in [2.45, 2.75) is 32.8 Å². The molecule has 0 aromatic carbocycles. The molecule has 0 spiro atoms. The molecule has 0 radical (unpaired) electrons. The summed E-state index contributed by atoms with van der Waals surface area (Å²) in [4.78, 5) is 25.7. The maximum absolute atomic E-state index is 12.0. The Hall–Kier alpha value is -1.36. The molecule has 0 saturated heterocycles. The molecule has 1 aliphatic rings. The fraction of sp³-hybridized carbons (Fsp3) is 0.500. The molecule has 0 bridgehead atoms. The van der Waals surface area contributed by atoms with E-state index in [2.05, 4.69) is 0 Å². The summed E-state index contributed by atoms with van der Waals surface area (Å²) in [6.07, 6.45) is 0.158. The minimum atomic E-state index is -0.576. The van der Waals surface area contributed by atoms with E-state index in [4.69, 9.17) is 4.74 Å². The summed E-state index contributed by atoms with van der Waals surface area (Å²) < 4.78 is 5.21. The molecule has 0 unspecified atom stereocenters. The molecule has 2 heterocycles. The number of fused-ring (bicyclic) bond motifs is 1. The van der Waals surface area contributed by atoms with E-state index >= 15 is 0 Å². The Morgan fingerprint density at radius 2 is 2.18 bits per heavy atom. The lowest BCUT2D eigenvalue weighted by molar-refractivity contribution is 0.0236. The molecule has 0 fully saturated rings. The largest absolute Gasteiger partial charge is 0.443 e. The van der Waals surface area contributed by atoms with Crippen LogP contribution < -0.4 is 0 Å². The minimum Gasteiger partial charge on any atom is -0.443 e. The summed E-state index contributed by atoms with van der Waals surface area (Å²) in [5.74, 6) is -0.240. The van der Waals surface area contributed by atoms with Gasteiger partial charge in [-0.3, -0.25) is 4.79 Å². The van der Waals surface area contributed by atoms with E-state index < -0.39 is 11.7 Å². The van der Waals surface area contributed by atoms with Crippen molar-refractivity contribution in [3.8, 4) is 0 Å². The molecular weight excluding hydrogens is 238 g/mol. The second kappa shape index (κ2) is 4.14. The maximum Gasteiger partial charge on any atom is 0.417 e. The van der Waals surface area contributed by atoms with Crippen LogP contribution in [0, 0.1) is 0 Å². The average Bonchev–Trinajstić information content (AvgIpc) is 2.63. The number of carbonyl (C=O) groups is 2. The summed E-state index contributed by atoms with van der Waals surface area (Å²) in [6.45, 7) is 5.76. The van der Waals surface area contributed by atoms with Crippen molar-refractivity contribution in [1.82, 2.24) is 4.90 Å². The van der Waals surface area contributed by atoms with E-state index in [9.17, 15) is 9.59 Å². The van der Waals surface area contributed by atoms with E-state index in [-0.39, 0.29) is 5.91 Å². The van der Waals surface area contributed by atoms with Gasteiger partial charge in [-0.25, -0.2) is 9.69 Å². The number of hydrogen-bond donors (Lipinski definition) is 0. The van der Waals surface area contributed by atoms with Gasteiger partial charge in [-0.1, -0.05) is 0 Å². The molecular formula is C12H15NO3S. The first kappa shape index (κ1) is 12.1. The second-order valence-corrected chi connectivity index (χ2v) is 5.88. The minimum absolute atomic E-state index is 0.240. The molecule has 0 aliphatic carbocycles. The van der Waals surface area contributed by atoms with Gasteiger partial charge in [-0.2, -0.15) is 0 Å².